The molecule has 3 fully saturated rings. The van der Waals surface area contributed by atoms with Crippen molar-refractivity contribution in [2.24, 2.45) is 16.7 Å². The number of ether oxygens (including phenoxy) is 1. The van der Waals surface area contributed by atoms with Crippen LogP contribution >= 0.6 is 0 Å². The van der Waals surface area contributed by atoms with Gasteiger partial charge in [0.1, 0.15) is 16.7 Å². The van der Waals surface area contributed by atoms with E-state index < -0.39 is 42.9 Å². The lowest BCUT2D eigenvalue weighted by molar-refractivity contribution is -0.144. The number of hydrogen-bond donors (Lipinski definition) is 1. The molecule has 0 spiro atoms. The molecule has 0 amide bonds. The number of carbonyl (C=O) groups is 2. The van der Waals surface area contributed by atoms with Crippen LogP contribution in [0.2, 0.25) is 0 Å². The molecule has 11 heteroatoms. The molecular formula is C22H30N2O7S2. The summed E-state index contributed by atoms with van der Waals surface area (Å²) in [6, 6.07) is 4.78. The van der Waals surface area contributed by atoms with Crippen LogP contribution in [0.15, 0.2) is 29.2 Å². The molecule has 0 aromatic heterocycles. The molecule has 1 saturated heterocycles. The third-order valence-corrected chi connectivity index (χ3v) is 11.4. The predicted octanol–water partition coefficient (Wildman–Crippen LogP) is 2.15. The maximum atomic E-state index is 13.4. The Morgan fingerprint density at radius 1 is 1.18 bits per heavy atom. The lowest BCUT2D eigenvalue weighted by Crippen LogP contribution is -2.44. The highest BCUT2D eigenvalue weighted by Gasteiger charge is 2.65. The van der Waals surface area contributed by atoms with E-state index >= 15 is 0 Å². The van der Waals surface area contributed by atoms with E-state index in [1.807, 2.05) is 13.8 Å². The summed E-state index contributed by atoms with van der Waals surface area (Å²) in [6.07, 6.45) is 2.54. The molecular weight excluding hydrogens is 468 g/mol. The van der Waals surface area contributed by atoms with Gasteiger partial charge in [-0.25, -0.2) is 16.8 Å². The summed E-state index contributed by atoms with van der Waals surface area (Å²) < 4.78 is 61.6. The van der Waals surface area contributed by atoms with Crippen LogP contribution in [0, 0.1) is 16.7 Å². The van der Waals surface area contributed by atoms with Gasteiger partial charge in [-0.2, -0.15) is 4.31 Å². The second kappa shape index (κ2) is 8.06. The van der Waals surface area contributed by atoms with Crippen LogP contribution in [0.5, 0.6) is 0 Å². The molecule has 2 bridgehead atoms. The normalized spacial score (nSPS) is 29.4. The zero-order valence-electron chi connectivity index (χ0n) is 19.0. The molecule has 4 rings (SSSR count). The lowest BCUT2D eigenvalue weighted by Gasteiger charge is -2.36. The Morgan fingerprint density at radius 2 is 1.88 bits per heavy atom. The average Bonchev–Trinajstić information content (AvgIpc) is 3.37. The number of rotatable bonds is 7. The molecule has 1 aromatic rings. The first kappa shape index (κ1) is 24.2. The van der Waals surface area contributed by atoms with Crippen LogP contribution in [0.25, 0.3) is 0 Å². The number of methoxy groups -OCH3 is 1. The van der Waals surface area contributed by atoms with Gasteiger partial charge in [-0.1, -0.05) is 26.0 Å². The van der Waals surface area contributed by atoms with Crippen molar-refractivity contribution in [1.29, 1.82) is 0 Å². The van der Waals surface area contributed by atoms with Crippen LogP contribution in [0.3, 0.4) is 0 Å². The number of carbonyl (C=O) groups excluding carboxylic acids is 2. The molecule has 1 aliphatic heterocycles. The number of anilines is 1. The number of fused-ring (bicyclic) bond motifs is 2. The van der Waals surface area contributed by atoms with Crippen LogP contribution < -0.4 is 4.72 Å². The van der Waals surface area contributed by atoms with Gasteiger partial charge in [0.2, 0.25) is 20.0 Å². The minimum Gasteiger partial charge on any atom is -0.468 e. The van der Waals surface area contributed by atoms with Crippen molar-refractivity contribution in [3.05, 3.63) is 24.3 Å². The summed E-state index contributed by atoms with van der Waals surface area (Å²) in [7, 11) is -7.03. The fourth-order valence-corrected chi connectivity index (χ4v) is 9.71. The van der Waals surface area contributed by atoms with E-state index in [1.165, 1.54) is 31.4 Å². The number of para-hydroxylation sites is 1. The summed E-state index contributed by atoms with van der Waals surface area (Å²) in [5.41, 5.74) is -1.50. The number of nitrogens with zero attached hydrogens (tertiary/aromatic N) is 1. The highest BCUT2D eigenvalue weighted by atomic mass is 32.2. The Bertz CT molecular complexity index is 1190. The second-order valence-electron chi connectivity index (χ2n) is 9.82. The number of hydrogen-bond acceptors (Lipinski definition) is 7. The van der Waals surface area contributed by atoms with Crippen molar-refractivity contribution in [2.75, 3.05) is 24.1 Å². The quantitative estimate of drug-likeness (QED) is 0.571. The molecule has 1 heterocycles. The topological polar surface area (TPSA) is 127 Å². The highest BCUT2D eigenvalue weighted by molar-refractivity contribution is 7.93. The molecule has 3 aliphatic rings. The number of esters is 1. The lowest BCUT2D eigenvalue weighted by atomic mass is 9.70. The minimum atomic E-state index is -4.18. The highest BCUT2D eigenvalue weighted by Crippen LogP contribution is 2.64. The number of benzene rings is 1. The minimum absolute atomic E-state index is 0.0342. The average molecular weight is 499 g/mol. The fraction of sp³-hybridized carbons (Fsp3) is 0.636. The van der Waals surface area contributed by atoms with Crippen LogP contribution in [0.4, 0.5) is 5.69 Å². The third kappa shape index (κ3) is 3.77. The third-order valence-electron chi connectivity index (χ3n) is 7.99. The van der Waals surface area contributed by atoms with Gasteiger partial charge in [0, 0.05) is 13.0 Å². The summed E-state index contributed by atoms with van der Waals surface area (Å²) in [5, 5.41) is 0. The van der Waals surface area contributed by atoms with E-state index in [1.54, 1.807) is 0 Å². The van der Waals surface area contributed by atoms with Gasteiger partial charge in [0.25, 0.3) is 0 Å². The smallest absolute Gasteiger partial charge is 0.324 e. The predicted molar refractivity (Wildman–Crippen MR) is 121 cm³/mol. The van der Waals surface area contributed by atoms with Gasteiger partial charge in [-0.15, -0.1) is 0 Å². The molecule has 9 nitrogen and oxygen atoms in total. The first-order valence-corrected chi connectivity index (χ1v) is 14.2. The van der Waals surface area contributed by atoms with Gasteiger partial charge >= 0.3 is 5.97 Å². The molecule has 3 atom stereocenters. The molecule has 1 aromatic carbocycles. The molecule has 0 radical (unpaired) electrons. The zero-order chi connectivity index (χ0) is 24.2. The monoisotopic (exact) mass is 498 g/mol. The zero-order valence-corrected chi connectivity index (χ0v) is 20.7. The molecule has 2 aliphatic carbocycles. The Hall–Kier alpha value is -1.98. The number of nitrogens with one attached hydrogen (secondary N) is 1. The van der Waals surface area contributed by atoms with Crippen LogP contribution in [-0.4, -0.2) is 58.3 Å². The molecule has 1 N–H and O–H groups in total. The van der Waals surface area contributed by atoms with Gasteiger partial charge in [0.15, 0.2) is 0 Å². The second-order valence-corrected chi connectivity index (χ2v) is 13.4. The first-order valence-electron chi connectivity index (χ1n) is 11.1. The number of Topliss-reactive ketones (excluding diaryl/α,β-unsaturated/α-hetero) is 1. The van der Waals surface area contributed by atoms with Crippen LogP contribution in [0.1, 0.15) is 46.0 Å². The Kier molecular flexibility index (Phi) is 5.90. The van der Waals surface area contributed by atoms with Crippen molar-refractivity contribution in [3.63, 3.8) is 0 Å². The van der Waals surface area contributed by atoms with Crippen molar-refractivity contribution in [1.82, 2.24) is 4.31 Å². The van der Waals surface area contributed by atoms with E-state index in [9.17, 15) is 26.4 Å². The number of ketones is 1. The maximum Gasteiger partial charge on any atom is 0.324 e. The van der Waals surface area contributed by atoms with Gasteiger partial charge in [-0.05, 0) is 49.1 Å². The summed E-state index contributed by atoms with van der Waals surface area (Å²) in [6.45, 7) is 4.03. The standard InChI is InChI=1S/C22H30N2O7S2/c1-21(2)15-10-11-22(21,19(25)13-15)14-32(27,28)23-16-7-4-5-9-18(16)33(29,30)24-12-6-8-17(24)20(26)31-3/h4-5,7,9,15,17,23H,6,8,10-14H2,1-3H3/t15-,17+,22-/m0/s1. The van der Waals surface area contributed by atoms with E-state index in [0.29, 0.717) is 25.7 Å². The van der Waals surface area contributed by atoms with Crippen molar-refractivity contribution in [3.8, 4) is 0 Å². The fourth-order valence-electron chi connectivity index (χ4n) is 5.94. The SMILES string of the molecule is COC(=O)[C@H]1CCCN1S(=O)(=O)c1ccccc1NS(=O)(=O)C[C@@]12CC[C@@H](CC1=O)C2(C)C. The first-order chi connectivity index (χ1) is 15.4. The molecule has 2 saturated carbocycles. The molecule has 182 valence electrons. The van der Waals surface area contributed by atoms with Crippen LogP contribution in [-0.2, 0) is 34.4 Å². The van der Waals surface area contributed by atoms with Crippen molar-refractivity contribution in [2.45, 2.75) is 56.9 Å². The van der Waals surface area contributed by atoms with Gasteiger partial charge in [0.05, 0.1) is 24.0 Å². The summed E-state index contributed by atoms with van der Waals surface area (Å²) in [4.78, 5) is 24.7. The van der Waals surface area contributed by atoms with Crippen molar-refractivity contribution >= 4 is 37.5 Å². The van der Waals surface area contributed by atoms with Gasteiger partial charge < -0.3 is 4.74 Å². The number of sulfonamides is 2. The summed E-state index contributed by atoms with van der Waals surface area (Å²) in [5.74, 6) is -0.900. The Morgan fingerprint density at radius 3 is 2.48 bits per heavy atom. The van der Waals surface area contributed by atoms with Gasteiger partial charge in [-0.3, -0.25) is 14.3 Å². The molecule has 0 unspecified atom stereocenters. The van der Waals surface area contributed by atoms with E-state index in [2.05, 4.69) is 4.72 Å². The van der Waals surface area contributed by atoms with E-state index in [-0.39, 0.29) is 34.6 Å². The molecule has 33 heavy (non-hydrogen) atoms. The Balaban J connectivity index is 1.65. The van der Waals surface area contributed by atoms with Crippen molar-refractivity contribution < 1.29 is 31.2 Å². The van der Waals surface area contributed by atoms with E-state index in [4.69, 9.17) is 4.74 Å². The summed E-state index contributed by atoms with van der Waals surface area (Å²) >= 11 is 0. The maximum absolute atomic E-state index is 13.4. The Labute approximate surface area is 195 Å². The van der Waals surface area contributed by atoms with E-state index in [0.717, 1.165) is 10.7 Å². The largest absolute Gasteiger partial charge is 0.468 e.